The van der Waals surface area contributed by atoms with Crippen LogP contribution in [-0.4, -0.2) is 43.6 Å². The second-order valence-corrected chi connectivity index (χ2v) is 9.26. The number of hydrogen-bond donors (Lipinski definition) is 2. The minimum Gasteiger partial charge on any atom is -0.334 e. The van der Waals surface area contributed by atoms with Gasteiger partial charge in [-0.2, -0.15) is 4.98 Å². The molecule has 33 heavy (non-hydrogen) atoms. The van der Waals surface area contributed by atoms with Crippen molar-refractivity contribution < 1.29 is 18.1 Å². The molecule has 2 amide bonds. The molecule has 1 fully saturated rings. The van der Waals surface area contributed by atoms with Crippen molar-refractivity contribution in [2.45, 2.75) is 57.0 Å². The Labute approximate surface area is 191 Å². The number of thiazole rings is 1. The highest BCUT2D eigenvalue weighted by Gasteiger charge is 2.37. The topological polar surface area (TPSA) is 122 Å². The molecule has 3 aromatic heterocycles. The van der Waals surface area contributed by atoms with E-state index in [1.54, 1.807) is 12.4 Å². The molecule has 0 saturated heterocycles. The third kappa shape index (κ3) is 5.07. The van der Waals surface area contributed by atoms with Gasteiger partial charge in [0.25, 0.3) is 0 Å². The molecule has 0 bridgehead atoms. The van der Waals surface area contributed by atoms with Crippen molar-refractivity contribution in [3.63, 3.8) is 0 Å². The number of nitrogens with one attached hydrogen (secondary N) is 2. The van der Waals surface area contributed by atoms with Gasteiger partial charge in [0.2, 0.25) is 5.92 Å². The van der Waals surface area contributed by atoms with Crippen LogP contribution in [0.5, 0.6) is 0 Å². The zero-order valence-corrected chi connectivity index (χ0v) is 18.4. The first-order valence-corrected chi connectivity index (χ1v) is 11.5. The molecule has 2 aliphatic rings. The summed E-state index contributed by atoms with van der Waals surface area (Å²) >= 11 is 1.40. The van der Waals surface area contributed by atoms with E-state index in [-0.39, 0.29) is 24.8 Å². The van der Waals surface area contributed by atoms with E-state index in [2.05, 4.69) is 35.7 Å². The largest absolute Gasteiger partial charge is 0.334 e. The van der Waals surface area contributed by atoms with E-state index in [9.17, 15) is 13.6 Å². The maximum atomic E-state index is 13.4. The number of aromatic nitrogens is 5. The van der Waals surface area contributed by atoms with E-state index in [0.29, 0.717) is 55.9 Å². The van der Waals surface area contributed by atoms with E-state index in [1.165, 1.54) is 17.7 Å². The minimum atomic E-state index is -2.59. The molecule has 174 valence electrons. The van der Waals surface area contributed by atoms with Crippen molar-refractivity contribution >= 4 is 28.5 Å². The van der Waals surface area contributed by atoms with Crippen molar-refractivity contribution in [1.82, 2.24) is 30.4 Å². The third-order valence-corrected chi connectivity index (χ3v) is 6.80. The fourth-order valence-electron chi connectivity index (χ4n) is 3.98. The second kappa shape index (κ2) is 8.96. The zero-order valence-electron chi connectivity index (χ0n) is 17.6. The van der Waals surface area contributed by atoms with Gasteiger partial charge in [-0.15, -0.1) is 0 Å². The Balaban J connectivity index is 1.17. The Morgan fingerprint density at radius 3 is 2.82 bits per heavy atom. The van der Waals surface area contributed by atoms with Gasteiger partial charge in [0, 0.05) is 61.1 Å². The highest BCUT2D eigenvalue weighted by Crippen LogP contribution is 2.40. The molecular formula is C20H22F2N8O2S. The first-order valence-electron chi connectivity index (χ1n) is 10.7. The van der Waals surface area contributed by atoms with Crippen molar-refractivity contribution in [2.24, 2.45) is 0 Å². The van der Waals surface area contributed by atoms with Crippen LogP contribution in [-0.2, 0) is 19.5 Å². The normalized spacial score (nSPS) is 18.1. The summed E-state index contributed by atoms with van der Waals surface area (Å²) in [6, 6.07) is 0.0279. The fraction of sp³-hybridized carbons (Fsp3) is 0.500. The van der Waals surface area contributed by atoms with Crippen LogP contribution in [0.4, 0.5) is 24.7 Å². The van der Waals surface area contributed by atoms with Gasteiger partial charge < -0.3 is 14.7 Å². The summed E-state index contributed by atoms with van der Waals surface area (Å²) in [5.41, 5.74) is 1.72. The monoisotopic (exact) mass is 476 g/mol. The summed E-state index contributed by atoms with van der Waals surface area (Å²) in [7, 11) is 0. The van der Waals surface area contributed by atoms with Gasteiger partial charge in [0.15, 0.2) is 11.0 Å². The number of carbonyl (C=O) groups is 1. The lowest BCUT2D eigenvalue weighted by Gasteiger charge is -2.26. The molecule has 1 aliphatic carbocycles. The number of hydrogen-bond acceptors (Lipinski definition) is 9. The number of carbonyl (C=O) groups excluding carboxylic acids is 1. The van der Waals surface area contributed by atoms with Crippen molar-refractivity contribution in [3.05, 3.63) is 40.7 Å². The summed E-state index contributed by atoms with van der Waals surface area (Å²) < 4.78 is 32.3. The standard InChI is InChI=1S/C20H22F2N8O2S/c21-20(22)4-1-13(2-5-20)16-27-19(32-29-16)30-6-3-14-15(10-30)33-18(26-14)28-17(31)25-9-12-7-23-11-24-8-12/h7-8,11,13H,1-6,9-10H2,(H2,25,26,28,31). The number of rotatable bonds is 5. The van der Waals surface area contributed by atoms with Crippen LogP contribution in [0, 0.1) is 0 Å². The molecule has 1 saturated carbocycles. The number of anilines is 2. The molecule has 1 aliphatic heterocycles. The number of fused-ring (bicyclic) bond motifs is 1. The van der Waals surface area contributed by atoms with Crippen LogP contribution in [0.25, 0.3) is 0 Å². The van der Waals surface area contributed by atoms with Crippen molar-refractivity contribution in [2.75, 3.05) is 16.8 Å². The predicted molar refractivity (Wildman–Crippen MR) is 115 cm³/mol. The molecule has 0 radical (unpaired) electrons. The van der Waals surface area contributed by atoms with E-state index < -0.39 is 5.92 Å². The van der Waals surface area contributed by atoms with Crippen molar-refractivity contribution in [3.8, 4) is 0 Å². The smallest absolute Gasteiger partial charge is 0.324 e. The first kappa shape index (κ1) is 21.6. The van der Waals surface area contributed by atoms with Crippen LogP contribution < -0.4 is 15.5 Å². The Morgan fingerprint density at radius 1 is 1.24 bits per heavy atom. The number of amides is 2. The molecule has 2 N–H and O–H groups in total. The highest BCUT2D eigenvalue weighted by molar-refractivity contribution is 7.15. The summed E-state index contributed by atoms with van der Waals surface area (Å²) in [5.74, 6) is -2.18. The van der Waals surface area contributed by atoms with Gasteiger partial charge in [0.1, 0.15) is 6.33 Å². The number of halogens is 2. The van der Waals surface area contributed by atoms with Crippen LogP contribution in [0.3, 0.4) is 0 Å². The SMILES string of the molecule is O=C(NCc1cncnc1)Nc1nc2c(s1)CN(c1nc(C3CCC(F)(F)CC3)no1)CC2. The summed E-state index contributed by atoms with van der Waals surface area (Å²) in [5, 5.41) is 10.1. The Kier molecular flexibility index (Phi) is 5.87. The summed E-state index contributed by atoms with van der Waals surface area (Å²) in [6.45, 7) is 1.48. The van der Waals surface area contributed by atoms with Gasteiger partial charge in [0.05, 0.1) is 12.2 Å². The molecule has 0 unspecified atom stereocenters. The molecule has 0 aromatic carbocycles. The Hall–Kier alpha value is -3.22. The van der Waals surface area contributed by atoms with Crippen molar-refractivity contribution in [1.29, 1.82) is 0 Å². The van der Waals surface area contributed by atoms with Gasteiger partial charge in [-0.05, 0) is 12.8 Å². The molecule has 13 heteroatoms. The lowest BCUT2D eigenvalue weighted by atomic mass is 9.86. The van der Waals surface area contributed by atoms with Gasteiger partial charge in [-0.1, -0.05) is 16.5 Å². The summed E-state index contributed by atoms with van der Waals surface area (Å²) in [4.78, 5) is 32.0. The number of nitrogens with zero attached hydrogens (tertiary/aromatic N) is 6. The van der Waals surface area contributed by atoms with Gasteiger partial charge >= 0.3 is 12.0 Å². The maximum Gasteiger partial charge on any atom is 0.324 e. The molecule has 10 nitrogen and oxygen atoms in total. The van der Waals surface area contributed by atoms with Crippen LogP contribution in [0.1, 0.15) is 53.6 Å². The minimum absolute atomic E-state index is 0.0948. The third-order valence-electron chi connectivity index (χ3n) is 5.80. The zero-order chi connectivity index (χ0) is 22.8. The quantitative estimate of drug-likeness (QED) is 0.574. The van der Waals surface area contributed by atoms with Gasteiger partial charge in [-0.3, -0.25) is 5.32 Å². The molecular weight excluding hydrogens is 454 g/mol. The Bertz CT molecular complexity index is 1110. The fourth-order valence-corrected chi connectivity index (χ4v) is 4.99. The summed E-state index contributed by atoms with van der Waals surface area (Å²) in [6.07, 6.45) is 5.81. The Morgan fingerprint density at radius 2 is 2.03 bits per heavy atom. The molecule has 0 spiro atoms. The average molecular weight is 477 g/mol. The highest BCUT2D eigenvalue weighted by atomic mass is 32.1. The van der Waals surface area contributed by atoms with E-state index in [1.807, 2.05) is 4.90 Å². The van der Waals surface area contributed by atoms with E-state index >= 15 is 0 Å². The van der Waals surface area contributed by atoms with Crippen LogP contribution in [0.15, 0.2) is 23.2 Å². The van der Waals surface area contributed by atoms with E-state index in [0.717, 1.165) is 16.1 Å². The first-order chi connectivity index (χ1) is 15.9. The molecule has 5 rings (SSSR count). The van der Waals surface area contributed by atoms with Crippen LogP contribution in [0.2, 0.25) is 0 Å². The lowest BCUT2D eigenvalue weighted by Crippen LogP contribution is -2.30. The molecule has 4 heterocycles. The van der Waals surface area contributed by atoms with Gasteiger partial charge in [-0.25, -0.2) is 28.5 Å². The lowest BCUT2D eigenvalue weighted by molar-refractivity contribution is -0.0389. The average Bonchev–Trinajstić information content (AvgIpc) is 3.45. The predicted octanol–water partition coefficient (Wildman–Crippen LogP) is 3.49. The second-order valence-electron chi connectivity index (χ2n) is 8.18. The maximum absolute atomic E-state index is 13.4. The van der Waals surface area contributed by atoms with E-state index in [4.69, 9.17) is 4.52 Å². The number of alkyl halides is 2. The number of urea groups is 1. The van der Waals surface area contributed by atoms with Crippen LogP contribution >= 0.6 is 11.3 Å². The molecule has 0 atom stereocenters. The molecule has 3 aromatic rings.